The summed E-state index contributed by atoms with van der Waals surface area (Å²) in [4.78, 5) is 25.6. The van der Waals surface area contributed by atoms with Gasteiger partial charge in [0.2, 0.25) is 5.88 Å². The summed E-state index contributed by atoms with van der Waals surface area (Å²) in [6.07, 6.45) is 0.501. The highest BCUT2D eigenvalue weighted by molar-refractivity contribution is 6.11. The Morgan fingerprint density at radius 3 is 2.46 bits per heavy atom. The van der Waals surface area contributed by atoms with E-state index in [2.05, 4.69) is 0 Å². The van der Waals surface area contributed by atoms with Crippen LogP contribution < -0.4 is 10.3 Å². The number of aromatic nitrogens is 1. The number of nitrogens with zero attached hydrogens (tertiary/aromatic N) is 2. The molecule has 0 spiro atoms. The quantitative estimate of drug-likeness (QED) is 0.555. The zero-order valence-corrected chi connectivity index (χ0v) is 16.5. The molecule has 0 aliphatic rings. The van der Waals surface area contributed by atoms with Crippen LogP contribution in [-0.4, -0.2) is 35.3 Å². The fraction of sp³-hybridized carbons (Fsp3) is 0.381. The van der Waals surface area contributed by atoms with Crippen molar-refractivity contribution in [2.24, 2.45) is 0 Å². The van der Waals surface area contributed by atoms with Crippen LogP contribution in [0.1, 0.15) is 47.3 Å². The van der Waals surface area contributed by atoms with E-state index >= 15 is 0 Å². The largest absolute Gasteiger partial charge is 0.497 e. The Bertz CT molecular complexity index is 953. The monoisotopic (exact) mass is 384 g/mol. The van der Waals surface area contributed by atoms with E-state index in [0.29, 0.717) is 24.3 Å². The molecule has 0 fully saturated rings. The number of pyridine rings is 1. The summed E-state index contributed by atoms with van der Waals surface area (Å²) in [7, 11) is 1.52. The van der Waals surface area contributed by atoms with Crippen LogP contribution in [0.3, 0.4) is 0 Å². The van der Waals surface area contributed by atoms with Gasteiger partial charge < -0.3 is 14.6 Å². The predicted octanol–water partition coefficient (Wildman–Crippen LogP) is 2.79. The maximum atomic E-state index is 13.0. The van der Waals surface area contributed by atoms with Crippen LogP contribution in [0.2, 0.25) is 0 Å². The molecular weight excluding hydrogens is 360 g/mol. The van der Waals surface area contributed by atoms with Gasteiger partial charge in [-0.3, -0.25) is 14.2 Å². The Hall–Kier alpha value is -3.11. The second-order valence-electron chi connectivity index (χ2n) is 6.60. The maximum Gasteiger partial charge on any atom is 0.271 e. The average molecular weight is 384 g/mol. The number of benzene rings is 1. The molecule has 0 amide bonds. The third-order valence-corrected chi connectivity index (χ3v) is 4.36. The molecule has 0 saturated carbocycles. The molecule has 7 nitrogen and oxygen atoms in total. The van der Waals surface area contributed by atoms with Crippen LogP contribution in [0.15, 0.2) is 29.1 Å². The summed E-state index contributed by atoms with van der Waals surface area (Å²) in [6.45, 7) is 5.81. The highest BCUT2D eigenvalue weighted by Crippen LogP contribution is 2.26. The Balaban J connectivity index is 2.48. The van der Waals surface area contributed by atoms with Crippen molar-refractivity contribution in [3.8, 4) is 17.7 Å². The smallest absolute Gasteiger partial charge is 0.271 e. The molecule has 0 aliphatic heterocycles. The molecule has 0 atom stereocenters. The number of hydrogen-bond donors (Lipinski definition) is 1. The van der Waals surface area contributed by atoms with Crippen molar-refractivity contribution >= 4 is 5.78 Å². The highest BCUT2D eigenvalue weighted by Gasteiger charge is 2.24. The van der Waals surface area contributed by atoms with Crippen LogP contribution >= 0.6 is 0 Å². The van der Waals surface area contributed by atoms with Crippen LogP contribution in [0.25, 0.3) is 0 Å². The Kier molecular flexibility index (Phi) is 6.96. The normalized spacial score (nSPS) is 10.7. The average Bonchev–Trinajstić information content (AvgIpc) is 2.67. The molecule has 28 heavy (non-hydrogen) atoms. The van der Waals surface area contributed by atoms with Gasteiger partial charge >= 0.3 is 0 Å². The highest BCUT2D eigenvalue weighted by atomic mass is 16.5. The minimum absolute atomic E-state index is 0.0465. The molecule has 0 radical (unpaired) electrons. The molecule has 0 aliphatic carbocycles. The van der Waals surface area contributed by atoms with E-state index in [-0.39, 0.29) is 29.3 Å². The summed E-state index contributed by atoms with van der Waals surface area (Å²) in [5.74, 6) is -0.321. The van der Waals surface area contributed by atoms with Gasteiger partial charge in [0.05, 0.1) is 18.8 Å². The third kappa shape index (κ3) is 4.41. The summed E-state index contributed by atoms with van der Waals surface area (Å²) in [5, 5.41) is 20.1. The lowest BCUT2D eigenvalue weighted by molar-refractivity contribution is 0.0743. The minimum atomic E-state index is -0.617. The topological polar surface area (TPSA) is 102 Å². The van der Waals surface area contributed by atoms with Crippen molar-refractivity contribution in [1.82, 2.24) is 4.57 Å². The van der Waals surface area contributed by atoms with Gasteiger partial charge in [-0.1, -0.05) is 0 Å². The zero-order chi connectivity index (χ0) is 20.8. The molecule has 1 aromatic heterocycles. The summed E-state index contributed by atoms with van der Waals surface area (Å²) in [6, 6.07) is 8.25. The van der Waals surface area contributed by atoms with Crippen molar-refractivity contribution < 1.29 is 19.4 Å². The number of ketones is 1. The summed E-state index contributed by atoms with van der Waals surface area (Å²) >= 11 is 0. The fourth-order valence-electron chi connectivity index (χ4n) is 2.86. The fourth-order valence-corrected chi connectivity index (χ4v) is 2.86. The lowest BCUT2D eigenvalue weighted by Gasteiger charge is -2.16. The van der Waals surface area contributed by atoms with E-state index in [9.17, 15) is 20.0 Å². The SMILES string of the molecule is COc1ccc(C(=O)c2c(C)c(C#N)c(=O)n(CCCOC(C)C)c2O)cc1. The number of aromatic hydroxyl groups is 1. The van der Waals surface area contributed by atoms with Crippen molar-refractivity contribution in [2.75, 3.05) is 13.7 Å². The number of ether oxygens (including phenoxy) is 2. The van der Waals surface area contributed by atoms with Crippen molar-refractivity contribution in [3.63, 3.8) is 0 Å². The minimum Gasteiger partial charge on any atom is -0.497 e. The van der Waals surface area contributed by atoms with E-state index in [1.54, 1.807) is 24.3 Å². The number of methoxy groups -OCH3 is 1. The first-order valence-electron chi connectivity index (χ1n) is 8.98. The lowest BCUT2D eigenvalue weighted by Crippen LogP contribution is -2.27. The molecule has 1 N–H and O–H groups in total. The summed E-state index contributed by atoms with van der Waals surface area (Å²) in [5.41, 5.74) is -0.337. The molecule has 0 saturated heterocycles. The van der Waals surface area contributed by atoms with Gasteiger partial charge in [0.15, 0.2) is 5.78 Å². The third-order valence-electron chi connectivity index (χ3n) is 4.36. The van der Waals surface area contributed by atoms with E-state index in [1.807, 2.05) is 19.9 Å². The van der Waals surface area contributed by atoms with E-state index in [1.165, 1.54) is 14.0 Å². The number of nitriles is 1. The Labute approximate surface area is 163 Å². The molecule has 7 heteroatoms. The zero-order valence-electron chi connectivity index (χ0n) is 16.5. The first kappa shape index (κ1) is 21.2. The van der Waals surface area contributed by atoms with Gasteiger partial charge in [-0.2, -0.15) is 5.26 Å². The molecule has 1 heterocycles. The van der Waals surface area contributed by atoms with Gasteiger partial charge in [-0.05, 0) is 57.0 Å². The maximum absolute atomic E-state index is 13.0. The molecule has 0 bridgehead atoms. The Morgan fingerprint density at radius 1 is 1.29 bits per heavy atom. The van der Waals surface area contributed by atoms with Crippen LogP contribution in [-0.2, 0) is 11.3 Å². The molecular formula is C21H24N2O5. The molecule has 2 rings (SSSR count). The molecule has 0 unspecified atom stereocenters. The van der Waals surface area contributed by atoms with E-state index in [0.717, 1.165) is 4.57 Å². The lowest BCUT2D eigenvalue weighted by atomic mass is 9.97. The van der Waals surface area contributed by atoms with Gasteiger partial charge in [0.1, 0.15) is 17.4 Å². The van der Waals surface area contributed by atoms with Crippen molar-refractivity contribution in [2.45, 2.75) is 39.8 Å². The Morgan fingerprint density at radius 2 is 1.93 bits per heavy atom. The number of hydrogen-bond acceptors (Lipinski definition) is 6. The van der Waals surface area contributed by atoms with Crippen LogP contribution in [0.5, 0.6) is 11.6 Å². The molecule has 1 aromatic carbocycles. The first-order chi connectivity index (χ1) is 13.3. The second-order valence-corrected chi connectivity index (χ2v) is 6.60. The first-order valence-corrected chi connectivity index (χ1v) is 8.98. The van der Waals surface area contributed by atoms with Crippen molar-refractivity contribution in [3.05, 3.63) is 56.9 Å². The standard InChI is InChI=1S/C21H24N2O5/c1-13(2)28-11-5-10-23-20(25)17(12-22)14(3)18(21(23)26)19(24)15-6-8-16(27-4)9-7-15/h6-9,13,26H,5,10-11H2,1-4H3. The number of carbonyl (C=O) groups excluding carboxylic acids is 1. The van der Waals surface area contributed by atoms with Crippen LogP contribution in [0, 0.1) is 18.3 Å². The molecule has 148 valence electrons. The second kappa shape index (κ2) is 9.20. The molecule has 2 aromatic rings. The number of rotatable bonds is 8. The van der Waals surface area contributed by atoms with Crippen molar-refractivity contribution in [1.29, 1.82) is 5.26 Å². The van der Waals surface area contributed by atoms with E-state index < -0.39 is 17.2 Å². The van der Waals surface area contributed by atoms with Crippen LogP contribution in [0.4, 0.5) is 0 Å². The van der Waals surface area contributed by atoms with Gasteiger partial charge in [-0.25, -0.2) is 0 Å². The summed E-state index contributed by atoms with van der Waals surface area (Å²) < 4.78 is 11.6. The van der Waals surface area contributed by atoms with E-state index in [4.69, 9.17) is 9.47 Å². The van der Waals surface area contributed by atoms with Gasteiger partial charge in [-0.15, -0.1) is 0 Å². The van der Waals surface area contributed by atoms with Gasteiger partial charge in [0.25, 0.3) is 5.56 Å². The predicted molar refractivity (Wildman–Crippen MR) is 104 cm³/mol. The van der Waals surface area contributed by atoms with Gasteiger partial charge in [0, 0.05) is 18.7 Å². The number of carbonyl (C=O) groups is 1.